The Morgan fingerprint density at radius 1 is 1.05 bits per heavy atom. The van der Waals surface area contributed by atoms with E-state index in [1.807, 2.05) is 0 Å². The highest BCUT2D eigenvalue weighted by molar-refractivity contribution is 5.72. The number of aliphatic hydroxyl groups is 1. The number of halogens is 6. The number of carbonyl (C=O) groups is 1. The maximum absolute atomic E-state index is 12.7. The second-order valence-corrected chi connectivity index (χ2v) is 5.59. The minimum absolute atomic E-state index is 0.326. The fraction of sp³-hybridized carbons (Fsp3) is 0.923. The van der Waals surface area contributed by atoms with Gasteiger partial charge in [0.2, 0.25) is 0 Å². The molecule has 0 radical (unpaired) electrons. The van der Waals surface area contributed by atoms with Crippen molar-refractivity contribution in [1.82, 2.24) is 0 Å². The minimum Gasteiger partial charge on any atom is -0.462 e. The van der Waals surface area contributed by atoms with Crippen molar-refractivity contribution in [2.45, 2.75) is 64.6 Å². The van der Waals surface area contributed by atoms with E-state index in [4.69, 9.17) is 4.74 Å². The van der Waals surface area contributed by atoms with Crippen LogP contribution < -0.4 is 0 Å². The molecule has 132 valence electrons. The van der Waals surface area contributed by atoms with Crippen LogP contribution in [-0.2, 0) is 9.53 Å². The summed E-state index contributed by atoms with van der Waals surface area (Å²) < 4.78 is 80.8. The summed E-state index contributed by atoms with van der Waals surface area (Å²) in [6, 6.07) is 0. The second kappa shape index (κ2) is 7.06. The molecule has 0 bridgehead atoms. The van der Waals surface area contributed by atoms with Crippen molar-refractivity contribution in [2.75, 3.05) is 0 Å². The topological polar surface area (TPSA) is 46.5 Å². The Kier molecular flexibility index (Phi) is 6.74. The molecular weight excluding hydrogens is 318 g/mol. The lowest BCUT2D eigenvalue weighted by Crippen LogP contribution is -2.59. The number of esters is 1. The average Bonchev–Trinajstić information content (AvgIpc) is 2.33. The van der Waals surface area contributed by atoms with E-state index in [1.54, 1.807) is 6.92 Å². The fourth-order valence-corrected chi connectivity index (χ4v) is 1.53. The number of ether oxygens (including phenoxy) is 1. The minimum atomic E-state index is -5.93. The molecule has 2 atom stereocenters. The molecule has 1 N–H and O–H groups in total. The molecule has 2 unspecified atom stereocenters. The van der Waals surface area contributed by atoms with Crippen LogP contribution in [0.2, 0.25) is 0 Å². The van der Waals surface area contributed by atoms with E-state index in [1.165, 1.54) is 20.8 Å². The average molecular weight is 338 g/mol. The third-order valence-corrected chi connectivity index (χ3v) is 3.46. The smallest absolute Gasteiger partial charge is 0.426 e. The predicted octanol–water partition coefficient (Wildman–Crippen LogP) is 3.85. The molecule has 0 amide bonds. The van der Waals surface area contributed by atoms with Gasteiger partial charge in [-0.05, 0) is 12.3 Å². The largest absolute Gasteiger partial charge is 0.462 e. The van der Waals surface area contributed by atoms with Crippen LogP contribution in [0, 0.1) is 11.8 Å². The normalized spacial score (nSPS) is 16.5. The molecule has 0 spiro atoms. The zero-order valence-electron chi connectivity index (χ0n) is 12.7. The summed E-state index contributed by atoms with van der Waals surface area (Å²) in [6.07, 6.45) is -15.0. The van der Waals surface area contributed by atoms with Gasteiger partial charge in [-0.1, -0.05) is 27.7 Å². The third kappa shape index (κ3) is 4.76. The highest BCUT2D eigenvalue weighted by atomic mass is 19.4. The van der Waals surface area contributed by atoms with Crippen LogP contribution in [0.4, 0.5) is 26.3 Å². The summed E-state index contributed by atoms with van der Waals surface area (Å²) in [6.45, 7) is 5.68. The van der Waals surface area contributed by atoms with E-state index in [2.05, 4.69) is 0 Å². The van der Waals surface area contributed by atoms with Crippen LogP contribution in [0.25, 0.3) is 0 Å². The summed E-state index contributed by atoms with van der Waals surface area (Å²) in [5, 5.41) is 9.17. The Balaban J connectivity index is 5.41. The van der Waals surface area contributed by atoms with Crippen molar-refractivity contribution in [3.8, 4) is 0 Å². The van der Waals surface area contributed by atoms with Crippen LogP contribution in [0.3, 0.4) is 0 Å². The summed E-state index contributed by atoms with van der Waals surface area (Å²) in [5.74, 6) is -2.39. The van der Waals surface area contributed by atoms with Gasteiger partial charge in [-0.15, -0.1) is 0 Å². The van der Waals surface area contributed by atoms with Crippen LogP contribution in [-0.4, -0.2) is 35.1 Å². The SMILES string of the molecule is CCC(C)C(=O)OC(CC(O)(C(F)(F)F)C(F)(F)F)C(C)C. The predicted molar refractivity (Wildman–Crippen MR) is 65.8 cm³/mol. The second-order valence-electron chi connectivity index (χ2n) is 5.59. The molecule has 0 heterocycles. The van der Waals surface area contributed by atoms with Gasteiger partial charge in [-0.2, -0.15) is 26.3 Å². The summed E-state index contributed by atoms with van der Waals surface area (Å²) in [4.78, 5) is 11.6. The third-order valence-electron chi connectivity index (χ3n) is 3.46. The molecule has 3 nitrogen and oxygen atoms in total. The fourth-order valence-electron chi connectivity index (χ4n) is 1.53. The monoisotopic (exact) mass is 338 g/mol. The Morgan fingerprint density at radius 2 is 1.45 bits per heavy atom. The van der Waals surface area contributed by atoms with E-state index < -0.39 is 48.3 Å². The molecule has 0 aliphatic rings. The standard InChI is InChI=1S/C13H20F6O3/c1-5-8(4)10(20)22-9(7(2)3)6-11(21,12(14,15)16)13(17,18)19/h7-9,21H,5-6H2,1-4H3. The zero-order chi connectivity index (χ0) is 17.9. The molecule has 9 heteroatoms. The maximum atomic E-state index is 12.7. The zero-order valence-corrected chi connectivity index (χ0v) is 12.7. The van der Waals surface area contributed by atoms with Gasteiger partial charge in [0.05, 0.1) is 5.92 Å². The van der Waals surface area contributed by atoms with E-state index in [9.17, 15) is 36.2 Å². The van der Waals surface area contributed by atoms with Crippen molar-refractivity contribution in [3.63, 3.8) is 0 Å². The van der Waals surface area contributed by atoms with Crippen LogP contribution in [0.5, 0.6) is 0 Å². The highest BCUT2D eigenvalue weighted by Crippen LogP contribution is 2.46. The van der Waals surface area contributed by atoms with Crippen molar-refractivity contribution in [1.29, 1.82) is 0 Å². The van der Waals surface area contributed by atoms with Crippen LogP contribution >= 0.6 is 0 Å². The molecular formula is C13H20F6O3. The van der Waals surface area contributed by atoms with Crippen molar-refractivity contribution >= 4 is 5.97 Å². The van der Waals surface area contributed by atoms with Gasteiger partial charge in [0, 0.05) is 6.42 Å². The molecule has 0 aliphatic carbocycles. The van der Waals surface area contributed by atoms with Gasteiger partial charge < -0.3 is 9.84 Å². The maximum Gasteiger partial charge on any atom is 0.426 e. The molecule has 0 saturated heterocycles. The summed E-state index contributed by atoms with van der Waals surface area (Å²) in [5.41, 5.74) is -4.93. The van der Waals surface area contributed by atoms with E-state index in [-0.39, 0.29) is 0 Å². The van der Waals surface area contributed by atoms with Gasteiger partial charge in [-0.3, -0.25) is 4.79 Å². The number of hydrogen-bond acceptors (Lipinski definition) is 3. The molecule has 22 heavy (non-hydrogen) atoms. The van der Waals surface area contributed by atoms with Crippen molar-refractivity contribution < 1.29 is 41.0 Å². The molecule has 0 aliphatic heterocycles. The van der Waals surface area contributed by atoms with Gasteiger partial charge in [-0.25, -0.2) is 0 Å². The van der Waals surface area contributed by atoms with E-state index in [0.29, 0.717) is 6.42 Å². The van der Waals surface area contributed by atoms with Gasteiger partial charge in [0.25, 0.3) is 5.60 Å². The first-order valence-corrected chi connectivity index (χ1v) is 6.73. The van der Waals surface area contributed by atoms with E-state index >= 15 is 0 Å². The van der Waals surface area contributed by atoms with Gasteiger partial charge >= 0.3 is 18.3 Å². The number of rotatable bonds is 6. The molecule has 0 saturated carbocycles. The first-order valence-electron chi connectivity index (χ1n) is 6.73. The molecule has 0 aromatic carbocycles. The van der Waals surface area contributed by atoms with Crippen molar-refractivity contribution in [3.05, 3.63) is 0 Å². The molecule has 0 fully saturated rings. The molecule has 0 aromatic rings. The molecule has 0 rings (SSSR count). The van der Waals surface area contributed by atoms with Gasteiger partial charge in [0.1, 0.15) is 6.10 Å². The summed E-state index contributed by atoms with van der Waals surface area (Å²) >= 11 is 0. The number of alkyl halides is 6. The highest BCUT2D eigenvalue weighted by Gasteiger charge is 2.71. The molecule has 0 aromatic heterocycles. The van der Waals surface area contributed by atoms with E-state index in [0.717, 1.165) is 0 Å². The first-order chi connectivity index (χ1) is 9.67. The Hall–Kier alpha value is -0.990. The lowest BCUT2D eigenvalue weighted by molar-refractivity contribution is -0.374. The lowest BCUT2D eigenvalue weighted by Gasteiger charge is -2.36. The quantitative estimate of drug-likeness (QED) is 0.591. The first kappa shape index (κ1) is 21.0. The van der Waals surface area contributed by atoms with Crippen molar-refractivity contribution in [2.24, 2.45) is 11.8 Å². The Labute approximate surface area is 124 Å². The van der Waals surface area contributed by atoms with Gasteiger partial charge in [0.15, 0.2) is 0 Å². The van der Waals surface area contributed by atoms with Crippen LogP contribution in [0.1, 0.15) is 40.5 Å². The van der Waals surface area contributed by atoms with Crippen LogP contribution in [0.15, 0.2) is 0 Å². The summed E-state index contributed by atoms with van der Waals surface area (Å²) in [7, 11) is 0. The lowest BCUT2D eigenvalue weighted by atomic mass is 9.89. The Bertz CT molecular complexity index is 361. The Morgan fingerprint density at radius 3 is 1.73 bits per heavy atom. The number of hydrogen-bond donors (Lipinski definition) is 1. The number of carbonyl (C=O) groups excluding carboxylic acids is 1.